The molecular weight excluding hydrogens is 144 g/mol. The van der Waals surface area contributed by atoms with Crippen LogP contribution in [0.3, 0.4) is 0 Å². The summed E-state index contributed by atoms with van der Waals surface area (Å²) in [6.07, 6.45) is 10.6. The minimum Gasteiger partial charge on any atom is -0.0622 e. The molecule has 0 nitrogen and oxygen atoms in total. The Morgan fingerprint density at radius 1 is 1.08 bits per heavy atom. The molecule has 0 N–H and O–H groups in total. The van der Waals surface area contributed by atoms with E-state index in [1.54, 1.807) is 0 Å². The molecule has 0 aliphatic heterocycles. The molecule has 3 unspecified atom stereocenters. The van der Waals surface area contributed by atoms with Gasteiger partial charge in [0, 0.05) is 0 Å². The summed E-state index contributed by atoms with van der Waals surface area (Å²) in [5.74, 6) is 2.10. The average Bonchev–Trinajstić information content (AvgIpc) is 2.41. The Balaban J connectivity index is 2.07. The van der Waals surface area contributed by atoms with Gasteiger partial charge in [-0.2, -0.15) is 0 Å². The third kappa shape index (κ3) is 1.53. The van der Waals surface area contributed by atoms with Gasteiger partial charge in [-0.15, -0.1) is 0 Å². The maximum atomic E-state index is 2.52. The van der Waals surface area contributed by atoms with Crippen molar-refractivity contribution in [3.8, 4) is 0 Å². The van der Waals surface area contributed by atoms with Gasteiger partial charge in [-0.1, -0.05) is 33.1 Å². The predicted molar refractivity (Wildman–Crippen MR) is 53.1 cm³/mol. The standard InChI is InChI=1S/C12H22/c1-10-5-3-4-7-12(2)8-6-11(10)9-12/h10-11H,3-9H2,1-2H3. The highest BCUT2D eigenvalue weighted by atomic mass is 14.4. The van der Waals surface area contributed by atoms with Crippen LogP contribution in [0.5, 0.6) is 0 Å². The van der Waals surface area contributed by atoms with Crippen LogP contribution in [-0.4, -0.2) is 0 Å². The van der Waals surface area contributed by atoms with Gasteiger partial charge in [0.05, 0.1) is 0 Å². The van der Waals surface area contributed by atoms with E-state index in [0.717, 1.165) is 17.3 Å². The minimum absolute atomic E-state index is 0.749. The fourth-order valence-corrected chi connectivity index (χ4v) is 3.34. The van der Waals surface area contributed by atoms with Crippen molar-refractivity contribution in [3.63, 3.8) is 0 Å². The summed E-state index contributed by atoms with van der Waals surface area (Å²) < 4.78 is 0. The molecule has 0 radical (unpaired) electrons. The van der Waals surface area contributed by atoms with Gasteiger partial charge < -0.3 is 0 Å². The van der Waals surface area contributed by atoms with Gasteiger partial charge in [-0.25, -0.2) is 0 Å². The van der Waals surface area contributed by atoms with Crippen LogP contribution in [-0.2, 0) is 0 Å². The summed E-state index contributed by atoms with van der Waals surface area (Å²) in [5, 5.41) is 0. The van der Waals surface area contributed by atoms with E-state index >= 15 is 0 Å². The largest absolute Gasteiger partial charge is 0.0622 e. The Morgan fingerprint density at radius 2 is 1.92 bits per heavy atom. The van der Waals surface area contributed by atoms with Gasteiger partial charge in [0.1, 0.15) is 0 Å². The number of hydrogen-bond acceptors (Lipinski definition) is 0. The molecule has 0 aromatic heterocycles. The van der Waals surface area contributed by atoms with Crippen molar-refractivity contribution in [2.75, 3.05) is 0 Å². The van der Waals surface area contributed by atoms with Crippen molar-refractivity contribution in [1.82, 2.24) is 0 Å². The predicted octanol–water partition coefficient (Wildman–Crippen LogP) is 4.00. The molecule has 70 valence electrons. The topological polar surface area (TPSA) is 0 Å². The van der Waals surface area contributed by atoms with Crippen LogP contribution in [0.1, 0.15) is 58.8 Å². The summed E-state index contributed by atoms with van der Waals surface area (Å²) in [6.45, 7) is 4.99. The third-order valence-electron chi connectivity index (χ3n) is 4.37. The highest BCUT2D eigenvalue weighted by Crippen LogP contribution is 2.49. The van der Waals surface area contributed by atoms with E-state index in [9.17, 15) is 0 Å². The molecule has 2 fully saturated rings. The van der Waals surface area contributed by atoms with E-state index in [4.69, 9.17) is 0 Å². The van der Waals surface area contributed by atoms with Crippen LogP contribution in [0.25, 0.3) is 0 Å². The van der Waals surface area contributed by atoms with Crippen LogP contribution in [0.15, 0.2) is 0 Å². The van der Waals surface area contributed by atoms with Crippen molar-refractivity contribution in [2.24, 2.45) is 17.3 Å². The maximum Gasteiger partial charge on any atom is -0.0323 e. The molecule has 0 saturated heterocycles. The summed E-state index contributed by atoms with van der Waals surface area (Å²) in [6, 6.07) is 0. The minimum atomic E-state index is 0.749. The molecular formula is C12H22. The Hall–Kier alpha value is 0. The molecule has 0 aromatic rings. The lowest BCUT2D eigenvalue weighted by Gasteiger charge is -2.29. The zero-order chi connectivity index (χ0) is 8.60. The molecule has 12 heavy (non-hydrogen) atoms. The highest BCUT2D eigenvalue weighted by Gasteiger charge is 2.37. The Kier molecular flexibility index (Phi) is 2.18. The SMILES string of the molecule is CC1CCCCC2(C)CCC1C2. The van der Waals surface area contributed by atoms with E-state index in [1.165, 1.54) is 44.9 Å². The molecule has 2 rings (SSSR count). The highest BCUT2D eigenvalue weighted by molar-refractivity contribution is 4.89. The van der Waals surface area contributed by atoms with E-state index in [1.807, 2.05) is 0 Å². The lowest BCUT2D eigenvalue weighted by Crippen LogP contribution is -2.17. The Labute approximate surface area is 76.7 Å². The number of hydrogen-bond donors (Lipinski definition) is 0. The molecule has 0 heterocycles. The van der Waals surface area contributed by atoms with Crippen molar-refractivity contribution >= 4 is 0 Å². The average molecular weight is 166 g/mol. The summed E-state index contributed by atoms with van der Waals surface area (Å²) in [4.78, 5) is 0. The Bertz CT molecular complexity index is 161. The van der Waals surface area contributed by atoms with Gasteiger partial charge in [-0.3, -0.25) is 0 Å². The maximum absolute atomic E-state index is 2.52. The molecule has 2 aliphatic carbocycles. The van der Waals surface area contributed by atoms with Crippen LogP contribution >= 0.6 is 0 Å². The second-order valence-electron chi connectivity index (χ2n) is 5.54. The fraction of sp³-hybridized carbons (Fsp3) is 1.00. The lowest BCUT2D eigenvalue weighted by molar-refractivity contribution is 0.227. The smallest absolute Gasteiger partial charge is 0.0323 e. The zero-order valence-electron chi connectivity index (χ0n) is 8.60. The molecule has 0 heteroatoms. The second-order valence-corrected chi connectivity index (χ2v) is 5.54. The van der Waals surface area contributed by atoms with E-state index < -0.39 is 0 Å². The molecule has 0 aromatic carbocycles. The molecule has 2 saturated carbocycles. The molecule has 2 aliphatic rings. The van der Waals surface area contributed by atoms with E-state index in [-0.39, 0.29) is 0 Å². The van der Waals surface area contributed by atoms with E-state index in [2.05, 4.69) is 13.8 Å². The first-order valence-corrected chi connectivity index (χ1v) is 5.70. The van der Waals surface area contributed by atoms with Crippen LogP contribution in [0.4, 0.5) is 0 Å². The molecule has 0 spiro atoms. The van der Waals surface area contributed by atoms with Crippen LogP contribution in [0, 0.1) is 17.3 Å². The van der Waals surface area contributed by atoms with Crippen molar-refractivity contribution in [2.45, 2.75) is 58.8 Å². The zero-order valence-corrected chi connectivity index (χ0v) is 8.60. The van der Waals surface area contributed by atoms with Gasteiger partial charge in [-0.05, 0) is 42.9 Å². The lowest BCUT2D eigenvalue weighted by atomic mass is 9.77. The first-order valence-electron chi connectivity index (χ1n) is 5.70. The summed E-state index contributed by atoms with van der Waals surface area (Å²) in [7, 11) is 0. The number of fused-ring (bicyclic) bond motifs is 2. The van der Waals surface area contributed by atoms with Gasteiger partial charge in [0.2, 0.25) is 0 Å². The van der Waals surface area contributed by atoms with Gasteiger partial charge in [0.15, 0.2) is 0 Å². The monoisotopic (exact) mass is 166 g/mol. The molecule has 0 amide bonds. The van der Waals surface area contributed by atoms with Gasteiger partial charge in [0.25, 0.3) is 0 Å². The molecule has 3 atom stereocenters. The summed E-state index contributed by atoms with van der Waals surface area (Å²) >= 11 is 0. The second kappa shape index (κ2) is 3.05. The quantitative estimate of drug-likeness (QED) is 0.510. The normalized spacial score (nSPS) is 48.5. The van der Waals surface area contributed by atoms with Gasteiger partial charge >= 0.3 is 0 Å². The summed E-state index contributed by atoms with van der Waals surface area (Å²) in [5.41, 5.74) is 0.749. The molecule has 2 bridgehead atoms. The Morgan fingerprint density at radius 3 is 2.75 bits per heavy atom. The van der Waals surface area contributed by atoms with E-state index in [0.29, 0.717) is 0 Å². The fourth-order valence-electron chi connectivity index (χ4n) is 3.34. The van der Waals surface area contributed by atoms with Crippen LogP contribution in [0.2, 0.25) is 0 Å². The van der Waals surface area contributed by atoms with Crippen LogP contribution < -0.4 is 0 Å². The third-order valence-corrected chi connectivity index (χ3v) is 4.37. The number of rotatable bonds is 0. The van der Waals surface area contributed by atoms with Crippen molar-refractivity contribution in [1.29, 1.82) is 0 Å². The van der Waals surface area contributed by atoms with Crippen molar-refractivity contribution < 1.29 is 0 Å². The first kappa shape index (κ1) is 8.59. The van der Waals surface area contributed by atoms with Crippen molar-refractivity contribution in [3.05, 3.63) is 0 Å². The first-order chi connectivity index (χ1) is 5.70.